The van der Waals surface area contributed by atoms with Gasteiger partial charge in [-0.3, -0.25) is 4.79 Å². The summed E-state index contributed by atoms with van der Waals surface area (Å²) in [5.41, 5.74) is 0. The van der Waals surface area contributed by atoms with Crippen LogP contribution in [0.2, 0.25) is 0 Å². The second kappa shape index (κ2) is 6.40. The van der Waals surface area contributed by atoms with Crippen LogP contribution in [0.3, 0.4) is 0 Å². The smallest absolute Gasteiger partial charge is 0.326 e. The predicted molar refractivity (Wildman–Crippen MR) is 68.7 cm³/mol. The van der Waals surface area contributed by atoms with Crippen LogP contribution in [0.1, 0.15) is 26.7 Å². The molecule has 1 rings (SSSR count). The standard InChI is InChI=1S/C12H21N3O4/c1-4-10(11(17)18)14(3)12(19)15-6-5-9(7-15)13-8(2)16/h9-10H,4-7H2,1-3H3,(H,13,16)(H,17,18). The monoisotopic (exact) mass is 271 g/mol. The molecule has 0 aliphatic carbocycles. The van der Waals surface area contributed by atoms with Crippen LogP contribution in [0.4, 0.5) is 4.79 Å². The first kappa shape index (κ1) is 15.3. The van der Waals surface area contributed by atoms with Crippen molar-refractivity contribution in [3.8, 4) is 0 Å². The largest absolute Gasteiger partial charge is 0.480 e. The van der Waals surface area contributed by atoms with Gasteiger partial charge in [-0.25, -0.2) is 9.59 Å². The molecule has 7 heteroatoms. The van der Waals surface area contributed by atoms with Crippen LogP contribution in [-0.2, 0) is 9.59 Å². The van der Waals surface area contributed by atoms with Gasteiger partial charge in [0.2, 0.25) is 5.91 Å². The Kier molecular flexibility index (Phi) is 5.14. The fourth-order valence-electron chi connectivity index (χ4n) is 2.31. The van der Waals surface area contributed by atoms with Gasteiger partial charge in [0.1, 0.15) is 6.04 Å². The quantitative estimate of drug-likeness (QED) is 0.759. The number of carboxylic acids is 1. The van der Waals surface area contributed by atoms with Crippen LogP contribution in [0.25, 0.3) is 0 Å². The van der Waals surface area contributed by atoms with Crippen molar-refractivity contribution < 1.29 is 19.5 Å². The maximum Gasteiger partial charge on any atom is 0.326 e. The first-order valence-electron chi connectivity index (χ1n) is 6.38. The Labute approximate surface area is 112 Å². The Balaban J connectivity index is 2.59. The number of amides is 3. The van der Waals surface area contributed by atoms with Gasteiger partial charge < -0.3 is 20.2 Å². The first-order chi connectivity index (χ1) is 8.86. The van der Waals surface area contributed by atoms with E-state index in [0.717, 1.165) is 0 Å². The van der Waals surface area contributed by atoms with E-state index in [1.165, 1.54) is 18.9 Å². The van der Waals surface area contributed by atoms with Crippen molar-refractivity contribution in [1.82, 2.24) is 15.1 Å². The van der Waals surface area contributed by atoms with Crippen LogP contribution in [-0.4, -0.2) is 65.0 Å². The number of hydrogen-bond acceptors (Lipinski definition) is 3. The van der Waals surface area contributed by atoms with Crippen LogP contribution in [0.5, 0.6) is 0 Å². The van der Waals surface area contributed by atoms with E-state index >= 15 is 0 Å². The lowest BCUT2D eigenvalue weighted by atomic mass is 10.2. The van der Waals surface area contributed by atoms with E-state index in [9.17, 15) is 14.4 Å². The number of nitrogens with zero attached hydrogens (tertiary/aromatic N) is 2. The lowest BCUT2D eigenvalue weighted by Crippen LogP contribution is -2.49. The van der Waals surface area contributed by atoms with E-state index in [2.05, 4.69) is 5.32 Å². The molecule has 2 unspecified atom stereocenters. The highest BCUT2D eigenvalue weighted by atomic mass is 16.4. The number of hydrogen-bond donors (Lipinski definition) is 2. The number of aliphatic carboxylic acids is 1. The van der Waals surface area contributed by atoms with Gasteiger partial charge in [0.05, 0.1) is 0 Å². The minimum absolute atomic E-state index is 0.0419. The van der Waals surface area contributed by atoms with Crippen LogP contribution in [0, 0.1) is 0 Å². The molecule has 1 saturated heterocycles. The molecule has 0 aromatic heterocycles. The number of rotatable bonds is 4. The molecule has 0 saturated carbocycles. The molecule has 0 aromatic rings. The summed E-state index contributed by atoms with van der Waals surface area (Å²) in [6.45, 7) is 4.13. The summed E-state index contributed by atoms with van der Waals surface area (Å²) >= 11 is 0. The van der Waals surface area contributed by atoms with Gasteiger partial charge in [0.15, 0.2) is 0 Å². The summed E-state index contributed by atoms with van der Waals surface area (Å²) in [6, 6.07) is -1.16. The van der Waals surface area contributed by atoms with Crippen molar-refractivity contribution in [2.75, 3.05) is 20.1 Å². The van der Waals surface area contributed by atoms with E-state index in [0.29, 0.717) is 25.9 Å². The zero-order chi connectivity index (χ0) is 14.6. The summed E-state index contributed by atoms with van der Waals surface area (Å²) in [4.78, 5) is 37.0. The molecule has 1 fully saturated rings. The predicted octanol–water partition coefficient (Wildman–Crippen LogP) is 0.112. The number of likely N-dealkylation sites (tertiary alicyclic amines) is 1. The maximum absolute atomic E-state index is 12.2. The fraction of sp³-hybridized carbons (Fsp3) is 0.750. The highest BCUT2D eigenvalue weighted by Crippen LogP contribution is 2.13. The molecular weight excluding hydrogens is 250 g/mol. The topological polar surface area (TPSA) is 89.9 Å². The van der Waals surface area contributed by atoms with Gasteiger partial charge in [0.25, 0.3) is 0 Å². The molecule has 0 aromatic carbocycles. The van der Waals surface area contributed by atoms with Gasteiger partial charge in [-0.05, 0) is 12.8 Å². The molecule has 0 bridgehead atoms. The van der Waals surface area contributed by atoms with Crippen molar-refractivity contribution in [2.24, 2.45) is 0 Å². The Morgan fingerprint density at radius 2 is 2.11 bits per heavy atom. The normalized spacial score (nSPS) is 19.9. The Bertz CT molecular complexity index is 372. The second-order valence-corrected chi connectivity index (χ2v) is 4.79. The van der Waals surface area contributed by atoms with E-state index in [1.807, 2.05) is 0 Å². The third-order valence-electron chi connectivity index (χ3n) is 3.31. The molecule has 1 aliphatic rings. The first-order valence-corrected chi connectivity index (χ1v) is 6.38. The minimum Gasteiger partial charge on any atom is -0.480 e. The number of likely N-dealkylation sites (N-methyl/N-ethyl adjacent to an activating group) is 1. The zero-order valence-corrected chi connectivity index (χ0v) is 11.5. The highest BCUT2D eigenvalue weighted by molar-refractivity contribution is 5.82. The molecule has 1 aliphatic heterocycles. The molecule has 7 nitrogen and oxygen atoms in total. The number of nitrogens with one attached hydrogen (secondary N) is 1. The van der Waals surface area contributed by atoms with Crippen molar-refractivity contribution in [3.63, 3.8) is 0 Å². The molecule has 3 amide bonds. The number of carboxylic acid groups (broad SMARTS) is 1. The SMILES string of the molecule is CCC(C(=O)O)N(C)C(=O)N1CCC(NC(C)=O)C1. The van der Waals surface area contributed by atoms with Crippen LogP contribution >= 0.6 is 0 Å². The van der Waals surface area contributed by atoms with Crippen LogP contribution < -0.4 is 5.32 Å². The molecule has 19 heavy (non-hydrogen) atoms. The van der Waals surface area contributed by atoms with E-state index in [4.69, 9.17) is 5.11 Å². The lowest BCUT2D eigenvalue weighted by molar-refractivity contribution is -0.142. The lowest BCUT2D eigenvalue weighted by Gasteiger charge is -2.28. The number of carbonyl (C=O) groups excluding carboxylic acids is 2. The fourth-order valence-corrected chi connectivity index (χ4v) is 2.31. The number of carbonyl (C=O) groups is 3. The van der Waals surface area contributed by atoms with E-state index < -0.39 is 12.0 Å². The molecule has 108 valence electrons. The van der Waals surface area contributed by atoms with Gasteiger partial charge in [0, 0.05) is 33.1 Å². The van der Waals surface area contributed by atoms with E-state index in [1.54, 1.807) is 11.8 Å². The molecule has 1 heterocycles. The Morgan fingerprint density at radius 1 is 1.47 bits per heavy atom. The van der Waals surface area contributed by atoms with Crippen molar-refractivity contribution in [3.05, 3.63) is 0 Å². The van der Waals surface area contributed by atoms with Crippen molar-refractivity contribution >= 4 is 17.9 Å². The molecule has 0 radical (unpaired) electrons. The third kappa shape index (κ3) is 3.84. The van der Waals surface area contributed by atoms with Crippen molar-refractivity contribution in [2.45, 2.75) is 38.8 Å². The zero-order valence-electron chi connectivity index (χ0n) is 11.5. The molecule has 2 atom stereocenters. The minimum atomic E-state index is -1.00. The average molecular weight is 271 g/mol. The Hall–Kier alpha value is -1.79. The van der Waals surface area contributed by atoms with Crippen LogP contribution in [0.15, 0.2) is 0 Å². The van der Waals surface area contributed by atoms with E-state index in [-0.39, 0.29) is 18.0 Å². The summed E-state index contributed by atoms with van der Waals surface area (Å²) in [6.07, 6.45) is 1.06. The van der Waals surface area contributed by atoms with Crippen molar-refractivity contribution in [1.29, 1.82) is 0 Å². The Morgan fingerprint density at radius 3 is 2.58 bits per heavy atom. The van der Waals surface area contributed by atoms with Gasteiger partial charge in [-0.2, -0.15) is 0 Å². The highest BCUT2D eigenvalue weighted by Gasteiger charge is 2.32. The summed E-state index contributed by atoms with van der Waals surface area (Å²) in [7, 11) is 1.50. The summed E-state index contributed by atoms with van der Waals surface area (Å²) < 4.78 is 0. The molecule has 2 N–H and O–H groups in total. The average Bonchev–Trinajstić information content (AvgIpc) is 2.75. The third-order valence-corrected chi connectivity index (χ3v) is 3.31. The van der Waals surface area contributed by atoms with Gasteiger partial charge in [-0.15, -0.1) is 0 Å². The van der Waals surface area contributed by atoms with Gasteiger partial charge >= 0.3 is 12.0 Å². The maximum atomic E-state index is 12.2. The molecule has 0 spiro atoms. The second-order valence-electron chi connectivity index (χ2n) is 4.79. The molecular formula is C12H21N3O4. The van der Waals surface area contributed by atoms with Gasteiger partial charge in [-0.1, -0.05) is 6.92 Å². The number of urea groups is 1. The summed E-state index contributed by atoms with van der Waals surface area (Å²) in [5, 5.41) is 11.8. The summed E-state index contributed by atoms with van der Waals surface area (Å²) in [5.74, 6) is -1.12.